The monoisotopic (exact) mass is 201 g/mol. The number of aryl methyl sites for hydroxylation is 1. The van der Waals surface area contributed by atoms with Crippen LogP contribution in [-0.2, 0) is 11.8 Å². The van der Waals surface area contributed by atoms with Gasteiger partial charge in [0.05, 0.1) is 0 Å². The molecule has 0 aliphatic heterocycles. The Balaban J connectivity index is 2.16. The van der Waals surface area contributed by atoms with Crippen LogP contribution in [0.15, 0.2) is 18.2 Å². The van der Waals surface area contributed by atoms with Crippen LogP contribution in [0.5, 0.6) is 0 Å². The molecule has 2 N–H and O–H groups in total. The Morgan fingerprint density at radius 3 is 2.80 bits per heavy atom. The van der Waals surface area contributed by atoms with Crippen molar-refractivity contribution in [1.82, 2.24) is 0 Å². The highest BCUT2D eigenvalue weighted by Crippen LogP contribution is 2.50. The van der Waals surface area contributed by atoms with Crippen LogP contribution < -0.4 is 5.73 Å². The van der Waals surface area contributed by atoms with E-state index in [4.69, 9.17) is 5.73 Å². The first-order valence-corrected chi connectivity index (χ1v) is 6.08. The third kappa shape index (κ3) is 1.13. The lowest BCUT2D eigenvalue weighted by molar-refractivity contribution is 0.176. The molecule has 0 amide bonds. The van der Waals surface area contributed by atoms with Crippen molar-refractivity contribution in [1.29, 1.82) is 0 Å². The molecule has 0 heterocycles. The first kappa shape index (κ1) is 9.41. The molecule has 1 spiro atoms. The Labute approximate surface area is 91.7 Å². The smallest absolute Gasteiger partial charge is 0.0140 e. The molecule has 15 heavy (non-hydrogen) atoms. The van der Waals surface area contributed by atoms with E-state index in [1.54, 1.807) is 11.1 Å². The Kier molecular flexibility index (Phi) is 1.93. The van der Waals surface area contributed by atoms with Crippen molar-refractivity contribution in [3.8, 4) is 0 Å². The highest BCUT2D eigenvalue weighted by Gasteiger charge is 2.46. The van der Waals surface area contributed by atoms with Crippen molar-refractivity contribution in [3.05, 3.63) is 34.9 Å². The van der Waals surface area contributed by atoms with Crippen LogP contribution >= 0.6 is 0 Å². The van der Waals surface area contributed by atoms with Gasteiger partial charge >= 0.3 is 0 Å². The Bertz CT molecular complexity index is 390. The molecular formula is C14H19N. The summed E-state index contributed by atoms with van der Waals surface area (Å²) < 4.78 is 0. The number of rotatable bonds is 0. The number of hydrogen-bond donors (Lipinski definition) is 1. The fourth-order valence-corrected chi connectivity index (χ4v) is 3.47. The minimum Gasteiger partial charge on any atom is -0.327 e. The Hall–Kier alpha value is -0.820. The molecule has 1 saturated carbocycles. The van der Waals surface area contributed by atoms with Gasteiger partial charge < -0.3 is 5.73 Å². The van der Waals surface area contributed by atoms with Crippen molar-refractivity contribution in [2.45, 2.75) is 50.5 Å². The highest BCUT2D eigenvalue weighted by molar-refractivity contribution is 5.44. The number of hydrogen-bond acceptors (Lipinski definition) is 1. The minimum atomic E-state index is 0.361. The normalized spacial score (nSPS) is 27.2. The Morgan fingerprint density at radius 1 is 1.33 bits per heavy atom. The van der Waals surface area contributed by atoms with Gasteiger partial charge in [0.2, 0.25) is 0 Å². The molecule has 1 unspecified atom stereocenters. The highest BCUT2D eigenvalue weighted by atomic mass is 14.7. The van der Waals surface area contributed by atoms with E-state index in [-0.39, 0.29) is 0 Å². The molecule has 1 atom stereocenters. The summed E-state index contributed by atoms with van der Waals surface area (Å²) in [7, 11) is 0. The molecule has 1 nitrogen and oxygen atoms in total. The molecule has 0 saturated heterocycles. The summed E-state index contributed by atoms with van der Waals surface area (Å²) in [6.45, 7) is 2.24. The predicted molar refractivity (Wildman–Crippen MR) is 63.0 cm³/mol. The lowest BCUT2D eigenvalue weighted by Crippen LogP contribution is -2.53. The first-order valence-electron chi connectivity index (χ1n) is 6.08. The third-order valence-corrected chi connectivity index (χ3v) is 4.61. The fraction of sp³-hybridized carbons (Fsp3) is 0.571. The third-order valence-electron chi connectivity index (χ3n) is 4.61. The number of fused-ring (bicyclic) bond motifs is 2. The molecule has 1 aromatic carbocycles. The first-order chi connectivity index (χ1) is 7.24. The molecular weight excluding hydrogens is 182 g/mol. The molecule has 0 aromatic heterocycles. The van der Waals surface area contributed by atoms with Crippen LogP contribution in [0.4, 0.5) is 0 Å². The zero-order valence-corrected chi connectivity index (χ0v) is 9.42. The average molecular weight is 201 g/mol. The molecule has 2 aliphatic rings. The van der Waals surface area contributed by atoms with Gasteiger partial charge in [0.1, 0.15) is 0 Å². The van der Waals surface area contributed by atoms with Gasteiger partial charge in [0, 0.05) is 11.5 Å². The van der Waals surface area contributed by atoms with Gasteiger partial charge in [-0.25, -0.2) is 0 Å². The van der Waals surface area contributed by atoms with E-state index in [1.165, 1.54) is 37.7 Å². The summed E-state index contributed by atoms with van der Waals surface area (Å²) in [6, 6.07) is 7.16. The minimum absolute atomic E-state index is 0.361. The zero-order chi connectivity index (χ0) is 10.5. The van der Waals surface area contributed by atoms with E-state index in [9.17, 15) is 0 Å². The summed E-state index contributed by atoms with van der Waals surface area (Å²) in [5.41, 5.74) is 11.3. The van der Waals surface area contributed by atoms with Gasteiger partial charge in [0.25, 0.3) is 0 Å². The van der Waals surface area contributed by atoms with Crippen LogP contribution in [0.3, 0.4) is 0 Å². The van der Waals surface area contributed by atoms with Gasteiger partial charge in [0.15, 0.2) is 0 Å². The van der Waals surface area contributed by atoms with Crippen LogP contribution in [0.2, 0.25) is 0 Å². The van der Waals surface area contributed by atoms with E-state index < -0.39 is 0 Å². The second-order valence-electron chi connectivity index (χ2n) is 5.26. The molecule has 3 rings (SSSR count). The van der Waals surface area contributed by atoms with Crippen LogP contribution in [0.1, 0.15) is 42.4 Å². The molecule has 80 valence electrons. The van der Waals surface area contributed by atoms with E-state index in [0.29, 0.717) is 11.5 Å². The zero-order valence-electron chi connectivity index (χ0n) is 9.42. The molecule has 0 bridgehead atoms. The predicted octanol–water partition coefficient (Wildman–Crippen LogP) is 2.69. The fourth-order valence-electron chi connectivity index (χ4n) is 3.47. The summed E-state index contributed by atoms with van der Waals surface area (Å²) in [5.74, 6) is 0. The number of nitrogens with two attached hydrogens (primary N) is 1. The SMILES string of the molecule is Cc1cccc2c1CCC(N)C21CCC1. The van der Waals surface area contributed by atoms with Gasteiger partial charge in [-0.2, -0.15) is 0 Å². The topological polar surface area (TPSA) is 26.0 Å². The summed E-state index contributed by atoms with van der Waals surface area (Å²) >= 11 is 0. The van der Waals surface area contributed by atoms with E-state index in [0.717, 1.165) is 0 Å². The molecule has 1 heteroatoms. The van der Waals surface area contributed by atoms with Crippen LogP contribution in [-0.4, -0.2) is 6.04 Å². The van der Waals surface area contributed by atoms with Crippen molar-refractivity contribution in [3.63, 3.8) is 0 Å². The van der Waals surface area contributed by atoms with Gasteiger partial charge in [-0.3, -0.25) is 0 Å². The molecule has 1 aromatic rings. The Morgan fingerprint density at radius 2 is 2.13 bits per heavy atom. The second kappa shape index (κ2) is 3.08. The molecule has 1 fully saturated rings. The van der Waals surface area contributed by atoms with Crippen LogP contribution in [0, 0.1) is 6.92 Å². The van der Waals surface area contributed by atoms with Gasteiger partial charge in [-0.15, -0.1) is 0 Å². The summed E-state index contributed by atoms with van der Waals surface area (Å²) in [5, 5.41) is 0. The standard InChI is InChI=1S/C14H19N/c1-10-4-2-5-12-11(10)6-7-13(15)14(12)8-3-9-14/h2,4-5,13H,3,6-9,15H2,1H3. The van der Waals surface area contributed by atoms with Crippen LogP contribution in [0.25, 0.3) is 0 Å². The van der Waals surface area contributed by atoms with Crippen molar-refractivity contribution in [2.75, 3.05) is 0 Å². The van der Waals surface area contributed by atoms with E-state index in [2.05, 4.69) is 25.1 Å². The lowest BCUT2D eigenvalue weighted by Gasteiger charge is -2.50. The maximum Gasteiger partial charge on any atom is 0.0140 e. The van der Waals surface area contributed by atoms with E-state index >= 15 is 0 Å². The number of benzene rings is 1. The van der Waals surface area contributed by atoms with Crippen molar-refractivity contribution >= 4 is 0 Å². The summed E-state index contributed by atoms with van der Waals surface area (Å²) in [4.78, 5) is 0. The average Bonchev–Trinajstić information content (AvgIpc) is 2.15. The van der Waals surface area contributed by atoms with Crippen molar-refractivity contribution in [2.24, 2.45) is 5.73 Å². The molecule has 0 radical (unpaired) electrons. The summed E-state index contributed by atoms with van der Waals surface area (Å²) in [6.07, 6.45) is 6.35. The van der Waals surface area contributed by atoms with E-state index in [1.807, 2.05) is 0 Å². The maximum atomic E-state index is 6.34. The van der Waals surface area contributed by atoms with Gasteiger partial charge in [-0.1, -0.05) is 24.6 Å². The van der Waals surface area contributed by atoms with Crippen molar-refractivity contribution < 1.29 is 0 Å². The quantitative estimate of drug-likeness (QED) is 0.686. The van der Waals surface area contributed by atoms with Gasteiger partial charge in [-0.05, 0) is 49.3 Å². The maximum absolute atomic E-state index is 6.34. The lowest BCUT2D eigenvalue weighted by atomic mass is 9.55. The second-order valence-corrected chi connectivity index (χ2v) is 5.26. The molecule has 2 aliphatic carbocycles. The largest absolute Gasteiger partial charge is 0.327 e.